The van der Waals surface area contributed by atoms with E-state index in [0.717, 1.165) is 16.2 Å². The van der Waals surface area contributed by atoms with Crippen LogP contribution in [0.1, 0.15) is 0 Å². The minimum atomic E-state index is -3.70. The summed E-state index contributed by atoms with van der Waals surface area (Å²) in [6.45, 7) is 0. The second-order valence-electron chi connectivity index (χ2n) is 4.18. The largest absolute Gasteiger partial charge is 0.238 e. The fourth-order valence-corrected chi connectivity index (χ4v) is 3.01. The maximum absolute atomic E-state index is 11.6. The molecule has 3 rings (SSSR count). The van der Waals surface area contributed by atoms with E-state index < -0.39 is 10.0 Å². The molecule has 0 radical (unpaired) electrons. The topological polar surface area (TPSA) is 60.2 Å². The number of benzene rings is 3. The summed E-state index contributed by atoms with van der Waals surface area (Å²) in [6.07, 6.45) is 0. The molecule has 0 aliphatic rings. The van der Waals surface area contributed by atoms with Gasteiger partial charge in [-0.25, -0.2) is 13.6 Å². The van der Waals surface area contributed by atoms with Crippen LogP contribution >= 0.6 is 0 Å². The van der Waals surface area contributed by atoms with Crippen molar-refractivity contribution in [3.63, 3.8) is 0 Å². The van der Waals surface area contributed by atoms with Crippen molar-refractivity contribution in [2.75, 3.05) is 0 Å². The van der Waals surface area contributed by atoms with E-state index in [1.165, 1.54) is 6.07 Å². The highest BCUT2D eigenvalue weighted by Gasteiger charge is 2.12. The molecule has 0 saturated heterocycles. The Morgan fingerprint density at radius 1 is 0.722 bits per heavy atom. The highest BCUT2D eigenvalue weighted by Crippen LogP contribution is 2.29. The van der Waals surface area contributed by atoms with E-state index in [1.807, 2.05) is 36.4 Å². The molecule has 0 heterocycles. The Labute approximate surface area is 105 Å². The predicted molar refractivity (Wildman–Crippen MR) is 72.8 cm³/mol. The second kappa shape index (κ2) is 3.80. The Morgan fingerprint density at radius 2 is 1.44 bits per heavy atom. The maximum atomic E-state index is 11.6. The van der Waals surface area contributed by atoms with Gasteiger partial charge in [0.15, 0.2) is 0 Å². The Bertz CT molecular complexity index is 854. The van der Waals surface area contributed by atoms with Crippen LogP contribution in [-0.4, -0.2) is 8.42 Å². The molecular formula is C14H11NO2S. The van der Waals surface area contributed by atoms with E-state index in [4.69, 9.17) is 5.14 Å². The zero-order valence-electron chi connectivity index (χ0n) is 9.50. The van der Waals surface area contributed by atoms with Crippen LogP contribution in [0.25, 0.3) is 21.5 Å². The summed E-state index contributed by atoms with van der Waals surface area (Å²) in [5.41, 5.74) is 0. The van der Waals surface area contributed by atoms with Crippen molar-refractivity contribution >= 4 is 31.6 Å². The van der Waals surface area contributed by atoms with E-state index in [0.29, 0.717) is 5.39 Å². The number of hydrogen-bond acceptors (Lipinski definition) is 2. The fourth-order valence-electron chi connectivity index (χ4n) is 2.26. The van der Waals surface area contributed by atoms with Crippen molar-refractivity contribution < 1.29 is 8.42 Å². The number of nitrogens with two attached hydrogens (primary N) is 1. The molecule has 3 aromatic rings. The molecule has 4 heteroatoms. The van der Waals surface area contributed by atoms with Gasteiger partial charge in [0.05, 0.1) is 4.90 Å². The number of sulfonamides is 1. The van der Waals surface area contributed by atoms with E-state index >= 15 is 0 Å². The number of primary sulfonamides is 1. The minimum Gasteiger partial charge on any atom is -0.225 e. The Kier molecular flexibility index (Phi) is 2.36. The van der Waals surface area contributed by atoms with Crippen LogP contribution in [0.2, 0.25) is 0 Å². The molecular weight excluding hydrogens is 246 g/mol. The molecule has 3 aromatic carbocycles. The molecule has 0 unspecified atom stereocenters. The standard InChI is InChI=1S/C14H11NO2S/c15-18(16,17)14-7-3-6-12-11-5-2-1-4-10(11)8-9-13(12)14/h1-9H,(H2,15,16,17). The summed E-state index contributed by atoms with van der Waals surface area (Å²) in [4.78, 5) is 0.172. The monoisotopic (exact) mass is 257 g/mol. The number of hydrogen-bond donors (Lipinski definition) is 1. The first-order valence-corrected chi connectivity index (χ1v) is 7.05. The lowest BCUT2D eigenvalue weighted by atomic mass is 10.0. The molecule has 3 nitrogen and oxygen atoms in total. The fraction of sp³-hybridized carbons (Fsp3) is 0. The zero-order valence-corrected chi connectivity index (χ0v) is 10.3. The smallest absolute Gasteiger partial charge is 0.225 e. The van der Waals surface area contributed by atoms with E-state index in [-0.39, 0.29) is 4.90 Å². The molecule has 0 spiro atoms. The van der Waals surface area contributed by atoms with Gasteiger partial charge >= 0.3 is 0 Å². The van der Waals surface area contributed by atoms with Gasteiger partial charge in [-0.2, -0.15) is 0 Å². The highest BCUT2D eigenvalue weighted by molar-refractivity contribution is 7.89. The summed E-state index contributed by atoms with van der Waals surface area (Å²) in [6, 6.07) is 16.7. The van der Waals surface area contributed by atoms with Gasteiger partial charge in [-0.05, 0) is 22.2 Å². The number of fused-ring (bicyclic) bond motifs is 3. The molecule has 0 aromatic heterocycles. The Morgan fingerprint density at radius 3 is 2.22 bits per heavy atom. The van der Waals surface area contributed by atoms with Crippen LogP contribution in [0.4, 0.5) is 0 Å². The Hall–Kier alpha value is -1.91. The van der Waals surface area contributed by atoms with E-state index in [9.17, 15) is 8.42 Å². The molecule has 0 bridgehead atoms. The summed E-state index contributed by atoms with van der Waals surface area (Å²) in [5.74, 6) is 0. The minimum absolute atomic E-state index is 0.172. The first-order valence-electron chi connectivity index (χ1n) is 5.51. The predicted octanol–water partition coefficient (Wildman–Crippen LogP) is 2.64. The van der Waals surface area contributed by atoms with Crippen molar-refractivity contribution in [3.8, 4) is 0 Å². The highest BCUT2D eigenvalue weighted by atomic mass is 32.2. The summed E-state index contributed by atoms with van der Waals surface area (Å²) in [5, 5.41) is 8.92. The van der Waals surface area contributed by atoms with Gasteiger partial charge in [-0.3, -0.25) is 0 Å². The van der Waals surface area contributed by atoms with Crippen molar-refractivity contribution in [2.24, 2.45) is 5.14 Å². The van der Waals surface area contributed by atoms with Gasteiger partial charge in [0, 0.05) is 5.39 Å². The van der Waals surface area contributed by atoms with Crippen LogP contribution in [-0.2, 0) is 10.0 Å². The first-order chi connectivity index (χ1) is 8.57. The van der Waals surface area contributed by atoms with Gasteiger partial charge in [-0.1, -0.05) is 48.5 Å². The van der Waals surface area contributed by atoms with Crippen molar-refractivity contribution in [2.45, 2.75) is 4.90 Å². The summed E-state index contributed by atoms with van der Waals surface area (Å²) in [7, 11) is -3.70. The van der Waals surface area contributed by atoms with Crippen LogP contribution in [0.15, 0.2) is 59.5 Å². The van der Waals surface area contributed by atoms with Crippen molar-refractivity contribution in [1.29, 1.82) is 0 Å². The molecule has 0 atom stereocenters. The quantitative estimate of drug-likeness (QED) is 0.681. The SMILES string of the molecule is NS(=O)(=O)c1cccc2c1ccc1ccccc12. The van der Waals surface area contributed by atoms with Crippen LogP contribution in [0.3, 0.4) is 0 Å². The lowest BCUT2D eigenvalue weighted by Gasteiger charge is -2.07. The average molecular weight is 257 g/mol. The first kappa shape index (κ1) is 11.2. The van der Waals surface area contributed by atoms with Gasteiger partial charge < -0.3 is 0 Å². The molecule has 90 valence electrons. The van der Waals surface area contributed by atoms with Crippen molar-refractivity contribution in [3.05, 3.63) is 54.6 Å². The Balaban J connectivity index is 2.56. The molecule has 0 aliphatic heterocycles. The van der Waals surface area contributed by atoms with Gasteiger partial charge in [0.2, 0.25) is 10.0 Å². The van der Waals surface area contributed by atoms with Gasteiger partial charge in [0.25, 0.3) is 0 Å². The summed E-state index contributed by atoms with van der Waals surface area (Å²) < 4.78 is 23.1. The van der Waals surface area contributed by atoms with Gasteiger partial charge in [0.1, 0.15) is 0 Å². The average Bonchev–Trinajstić information content (AvgIpc) is 2.36. The van der Waals surface area contributed by atoms with Crippen LogP contribution < -0.4 is 5.14 Å². The van der Waals surface area contributed by atoms with Gasteiger partial charge in [-0.15, -0.1) is 0 Å². The molecule has 18 heavy (non-hydrogen) atoms. The van der Waals surface area contributed by atoms with Crippen molar-refractivity contribution in [1.82, 2.24) is 0 Å². The third kappa shape index (κ3) is 1.66. The molecule has 0 fully saturated rings. The van der Waals surface area contributed by atoms with E-state index in [2.05, 4.69) is 0 Å². The molecule has 0 aliphatic carbocycles. The summed E-state index contributed by atoms with van der Waals surface area (Å²) >= 11 is 0. The molecule has 0 amide bonds. The molecule has 0 saturated carbocycles. The van der Waals surface area contributed by atoms with Crippen LogP contribution in [0, 0.1) is 0 Å². The third-order valence-corrected chi connectivity index (χ3v) is 4.02. The zero-order chi connectivity index (χ0) is 12.8. The lowest BCUT2D eigenvalue weighted by Crippen LogP contribution is -2.12. The number of rotatable bonds is 1. The second-order valence-corrected chi connectivity index (χ2v) is 5.71. The van der Waals surface area contributed by atoms with Crippen LogP contribution in [0.5, 0.6) is 0 Å². The molecule has 2 N–H and O–H groups in total. The van der Waals surface area contributed by atoms with E-state index in [1.54, 1.807) is 12.1 Å². The normalized spacial score (nSPS) is 12.1. The maximum Gasteiger partial charge on any atom is 0.238 e. The lowest BCUT2D eigenvalue weighted by molar-refractivity contribution is 0.598. The third-order valence-electron chi connectivity index (χ3n) is 3.05.